The van der Waals surface area contributed by atoms with Gasteiger partial charge in [0.15, 0.2) is 0 Å². The largest absolute Gasteiger partial charge is 0.315 e. The smallest absolute Gasteiger partial charge is 0.0107 e. The molecular formula is C24H51N3. The Morgan fingerprint density at radius 3 is 2.48 bits per heavy atom. The molecule has 0 aliphatic carbocycles. The molecule has 1 aliphatic heterocycles. The lowest BCUT2D eigenvalue weighted by Crippen LogP contribution is -2.35. The van der Waals surface area contributed by atoms with Crippen LogP contribution < -0.4 is 5.32 Å². The van der Waals surface area contributed by atoms with E-state index in [2.05, 4.69) is 56.7 Å². The van der Waals surface area contributed by atoms with Crippen molar-refractivity contribution in [3.05, 3.63) is 0 Å². The predicted octanol–water partition coefficient (Wildman–Crippen LogP) is 5.12. The Morgan fingerprint density at radius 2 is 1.85 bits per heavy atom. The van der Waals surface area contributed by atoms with E-state index < -0.39 is 0 Å². The fraction of sp³-hybridized carbons (Fsp3) is 1.00. The Labute approximate surface area is 171 Å². The van der Waals surface area contributed by atoms with Crippen LogP contribution >= 0.6 is 0 Å². The second kappa shape index (κ2) is 14.8. The van der Waals surface area contributed by atoms with Gasteiger partial charge >= 0.3 is 0 Å². The van der Waals surface area contributed by atoms with Crippen molar-refractivity contribution in [2.24, 2.45) is 23.7 Å². The molecule has 1 fully saturated rings. The van der Waals surface area contributed by atoms with Gasteiger partial charge in [-0.2, -0.15) is 0 Å². The third kappa shape index (κ3) is 10.9. The van der Waals surface area contributed by atoms with Crippen LogP contribution in [0.15, 0.2) is 0 Å². The summed E-state index contributed by atoms with van der Waals surface area (Å²) in [5, 5.41) is 3.78. The molecule has 1 N–H and O–H groups in total. The van der Waals surface area contributed by atoms with Gasteiger partial charge in [-0.1, -0.05) is 48.0 Å². The molecule has 3 unspecified atom stereocenters. The monoisotopic (exact) mass is 381 g/mol. The van der Waals surface area contributed by atoms with Crippen molar-refractivity contribution in [3.8, 4) is 0 Å². The molecule has 1 heterocycles. The fourth-order valence-electron chi connectivity index (χ4n) is 5.26. The number of hydrogen-bond acceptors (Lipinski definition) is 3. The van der Waals surface area contributed by atoms with E-state index in [1.54, 1.807) is 0 Å². The van der Waals surface area contributed by atoms with Crippen LogP contribution in [0.25, 0.3) is 0 Å². The van der Waals surface area contributed by atoms with E-state index in [0.29, 0.717) is 0 Å². The van der Waals surface area contributed by atoms with E-state index in [1.807, 2.05) is 0 Å². The molecule has 1 aliphatic rings. The van der Waals surface area contributed by atoms with Crippen LogP contribution in [0.2, 0.25) is 0 Å². The highest BCUT2D eigenvalue weighted by atomic mass is 15.1. The molecule has 3 nitrogen and oxygen atoms in total. The van der Waals surface area contributed by atoms with E-state index in [0.717, 1.165) is 30.2 Å². The first kappa shape index (κ1) is 24.9. The minimum absolute atomic E-state index is 0.816. The molecule has 3 heteroatoms. The summed E-state index contributed by atoms with van der Waals surface area (Å²) in [7, 11) is 0. The summed E-state index contributed by atoms with van der Waals surface area (Å²) in [4.78, 5) is 5.31. The first-order valence-electron chi connectivity index (χ1n) is 12.2. The maximum absolute atomic E-state index is 3.78. The van der Waals surface area contributed by atoms with Crippen molar-refractivity contribution in [1.82, 2.24) is 15.1 Å². The normalized spacial score (nSPS) is 27.4. The molecule has 4 atom stereocenters. The average Bonchev–Trinajstić information content (AvgIpc) is 2.65. The third-order valence-corrected chi connectivity index (χ3v) is 6.45. The highest BCUT2D eigenvalue weighted by Crippen LogP contribution is 2.29. The average molecular weight is 382 g/mol. The van der Waals surface area contributed by atoms with Gasteiger partial charge in [0.2, 0.25) is 0 Å². The maximum Gasteiger partial charge on any atom is 0.0107 e. The van der Waals surface area contributed by atoms with Crippen molar-refractivity contribution in [2.45, 2.75) is 80.1 Å². The Balaban J connectivity index is 2.73. The molecule has 0 aromatic carbocycles. The van der Waals surface area contributed by atoms with Crippen LogP contribution in [0, 0.1) is 23.7 Å². The molecule has 0 bridgehead atoms. The summed E-state index contributed by atoms with van der Waals surface area (Å²) < 4.78 is 0. The molecule has 0 aromatic heterocycles. The molecule has 0 spiro atoms. The highest BCUT2D eigenvalue weighted by molar-refractivity contribution is 4.77. The lowest BCUT2D eigenvalue weighted by molar-refractivity contribution is 0.189. The summed E-state index contributed by atoms with van der Waals surface area (Å²) in [5.41, 5.74) is 0. The summed E-state index contributed by atoms with van der Waals surface area (Å²) in [6.07, 6.45) is 8.25. The van der Waals surface area contributed by atoms with Crippen LogP contribution in [-0.4, -0.2) is 62.2 Å². The maximum atomic E-state index is 3.78. The summed E-state index contributed by atoms with van der Waals surface area (Å²) in [6.45, 7) is 24.1. The fourth-order valence-corrected chi connectivity index (χ4v) is 5.26. The number of rotatable bonds is 10. The van der Waals surface area contributed by atoms with E-state index in [-0.39, 0.29) is 0 Å². The Bertz CT molecular complexity index is 347. The molecule has 0 radical (unpaired) electrons. The lowest BCUT2D eigenvalue weighted by atomic mass is 9.80. The number of nitrogens with one attached hydrogen (secondary N) is 1. The van der Waals surface area contributed by atoms with Gasteiger partial charge in [0.05, 0.1) is 0 Å². The first-order chi connectivity index (χ1) is 13.0. The third-order valence-electron chi connectivity index (χ3n) is 6.45. The van der Waals surface area contributed by atoms with Crippen LogP contribution in [-0.2, 0) is 0 Å². The highest BCUT2D eigenvalue weighted by Gasteiger charge is 2.23. The van der Waals surface area contributed by atoms with E-state index in [4.69, 9.17) is 0 Å². The van der Waals surface area contributed by atoms with E-state index >= 15 is 0 Å². The number of likely N-dealkylation sites (N-methyl/N-ethyl adjacent to an activating group) is 1. The first-order valence-corrected chi connectivity index (χ1v) is 12.2. The second-order valence-electron chi connectivity index (χ2n) is 9.43. The van der Waals surface area contributed by atoms with Gasteiger partial charge in [0.1, 0.15) is 0 Å². The Kier molecular flexibility index (Phi) is 13.7. The summed E-state index contributed by atoms with van der Waals surface area (Å²) in [6, 6.07) is 0. The van der Waals surface area contributed by atoms with Gasteiger partial charge < -0.3 is 15.1 Å². The summed E-state index contributed by atoms with van der Waals surface area (Å²) >= 11 is 0. The second-order valence-corrected chi connectivity index (χ2v) is 9.43. The Hall–Kier alpha value is -0.120. The van der Waals surface area contributed by atoms with Crippen molar-refractivity contribution < 1.29 is 0 Å². The van der Waals surface area contributed by atoms with Gasteiger partial charge in [-0.3, -0.25) is 0 Å². The summed E-state index contributed by atoms with van der Waals surface area (Å²) in [5.74, 6) is 3.40. The van der Waals surface area contributed by atoms with E-state index in [9.17, 15) is 0 Å². The van der Waals surface area contributed by atoms with Gasteiger partial charge in [0, 0.05) is 26.2 Å². The quantitative estimate of drug-likeness (QED) is 0.567. The van der Waals surface area contributed by atoms with Crippen molar-refractivity contribution in [1.29, 1.82) is 0 Å². The topological polar surface area (TPSA) is 18.5 Å². The minimum atomic E-state index is 0.816. The van der Waals surface area contributed by atoms with Gasteiger partial charge in [-0.05, 0) is 82.0 Å². The number of nitrogens with zero attached hydrogens (tertiary/aromatic N) is 2. The molecule has 0 amide bonds. The zero-order valence-corrected chi connectivity index (χ0v) is 19.6. The molecule has 0 aromatic rings. The molecule has 1 saturated heterocycles. The zero-order chi connectivity index (χ0) is 20.1. The molecule has 0 saturated carbocycles. The van der Waals surface area contributed by atoms with Crippen LogP contribution in [0.1, 0.15) is 80.1 Å². The molecular weight excluding hydrogens is 330 g/mol. The van der Waals surface area contributed by atoms with Gasteiger partial charge in [-0.15, -0.1) is 0 Å². The standard InChI is InChI=1S/C24H51N3/c1-7-11-23-17-24(15-21(5)19-26(9-3)13-8-2)16-22(6)20-27(10-4)14-12-25-18-23/h21-25H,7-20H2,1-6H3/t21?,22?,23?,24-/m0/s1. The lowest BCUT2D eigenvalue weighted by Gasteiger charge is -2.31. The van der Waals surface area contributed by atoms with Crippen molar-refractivity contribution in [3.63, 3.8) is 0 Å². The molecule has 27 heavy (non-hydrogen) atoms. The van der Waals surface area contributed by atoms with Gasteiger partial charge in [0.25, 0.3) is 0 Å². The molecule has 1 rings (SSSR count). The van der Waals surface area contributed by atoms with Crippen LogP contribution in [0.4, 0.5) is 0 Å². The van der Waals surface area contributed by atoms with Crippen LogP contribution in [0.5, 0.6) is 0 Å². The zero-order valence-electron chi connectivity index (χ0n) is 19.6. The molecule has 162 valence electrons. The Morgan fingerprint density at radius 1 is 1.07 bits per heavy atom. The van der Waals surface area contributed by atoms with Crippen molar-refractivity contribution >= 4 is 0 Å². The van der Waals surface area contributed by atoms with Crippen molar-refractivity contribution in [2.75, 3.05) is 52.4 Å². The predicted molar refractivity (Wildman–Crippen MR) is 121 cm³/mol. The van der Waals surface area contributed by atoms with Gasteiger partial charge in [-0.25, -0.2) is 0 Å². The minimum Gasteiger partial charge on any atom is -0.315 e. The number of hydrogen-bond donors (Lipinski definition) is 1. The van der Waals surface area contributed by atoms with E-state index in [1.165, 1.54) is 84.3 Å². The van der Waals surface area contributed by atoms with Crippen LogP contribution in [0.3, 0.4) is 0 Å². The SMILES string of the molecule is CCCC1CNCCN(CC)CC(C)C[C@H](CC(C)CN(CC)CCC)C1.